The van der Waals surface area contributed by atoms with E-state index >= 15 is 0 Å². The number of carbonyl (C=O) groups excluding carboxylic acids is 1. The lowest BCUT2D eigenvalue weighted by atomic mass is 9.77. The number of halogens is 4. The van der Waals surface area contributed by atoms with Crippen molar-refractivity contribution < 1.29 is 88.2 Å². The Kier molecular flexibility index (Phi) is 26.7. The number of esters is 1. The maximum atomic E-state index is 14.8. The molecule has 18 nitrogen and oxygen atoms in total. The Morgan fingerprint density at radius 1 is 0.780 bits per heavy atom. The molecule has 1 aliphatic carbocycles. The number of anilines is 1. The highest BCUT2D eigenvalue weighted by atomic mass is 32.2. The third kappa shape index (κ3) is 18.2. The molecule has 456 valence electrons. The molecule has 2 aliphatic heterocycles. The van der Waals surface area contributed by atoms with E-state index in [1.54, 1.807) is 26.4 Å². The highest BCUT2D eigenvalue weighted by Gasteiger charge is 2.44. The topological polar surface area (TPSA) is 205 Å². The van der Waals surface area contributed by atoms with Crippen LogP contribution in [-0.2, 0) is 82.6 Å². The molecule has 0 saturated heterocycles. The summed E-state index contributed by atoms with van der Waals surface area (Å²) in [5.41, 5.74) is 3.09. The Labute approximate surface area is 485 Å². The first-order valence-corrected chi connectivity index (χ1v) is 31.4. The van der Waals surface area contributed by atoms with Crippen molar-refractivity contribution in [2.24, 2.45) is 0 Å². The lowest BCUT2D eigenvalue weighted by Gasteiger charge is -2.30. The van der Waals surface area contributed by atoms with Gasteiger partial charge < -0.3 is 37.2 Å². The van der Waals surface area contributed by atoms with E-state index in [0.717, 1.165) is 40.5 Å². The zero-order valence-corrected chi connectivity index (χ0v) is 51.0. The molecule has 2 aromatic rings. The van der Waals surface area contributed by atoms with Crippen LogP contribution in [0.1, 0.15) is 89.5 Å². The van der Waals surface area contributed by atoms with Crippen molar-refractivity contribution in [2.75, 3.05) is 118 Å². The van der Waals surface area contributed by atoms with Gasteiger partial charge in [0.25, 0.3) is 10.1 Å². The number of methoxy groups -OCH3 is 1. The van der Waals surface area contributed by atoms with Crippen LogP contribution < -0.4 is 19.6 Å². The van der Waals surface area contributed by atoms with Crippen molar-refractivity contribution in [2.45, 2.75) is 93.3 Å². The number of allylic oxidation sites excluding steroid dienone is 3. The average molecular weight is 1240 g/mol. The fourth-order valence-corrected chi connectivity index (χ4v) is 11.7. The molecule has 0 N–H and O–H groups in total. The number of ether oxygens (including phenoxy) is 5. The van der Waals surface area contributed by atoms with Crippen LogP contribution in [0.25, 0.3) is 17.4 Å². The second-order valence-corrected chi connectivity index (χ2v) is 25.6. The van der Waals surface area contributed by atoms with Crippen molar-refractivity contribution in [3.63, 3.8) is 0 Å². The number of fused-ring (bicyclic) bond motifs is 2. The molecule has 2 unspecified atom stereocenters. The molecular weight excluding hydrogens is 1160 g/mol. The fraction of sp³-hybridized carbons (Fsp3) is 0.536. The van der Waals surface area contributed by atoms with Crippen LogP contribution in [0.5, 0.6) is 5.75 Å². The molecule has 0 radical (unpaired) electrons. The lowest BCUT2D eigenvalue weighted by molar-refractivity contribution is -0.135. The van der Waals surface area contributed by atoms with Crippen LogP contribution in [-0.4, -0.2) is 140 Å². The van der Waals surface area contributed by atoms with Crippen molar-refractivity contribution >= 4 is 61.1 Å². The molecule has 5 rings (SSSR count). The number of benzene rings is 3. The molecule has 0 bridgehead atoms. The van der Waals surface area contributed by atoms with Crippen molar-refractivity contribution in [1.29, 1.82) is 0 Å². The van der Waals surface area contributed by atoms with Gasteiger partial charge in [0.1, 0.15) is 24.7 Å². The van der Waals surface area contributed by atoms with Gasteiger partial charge in [0, 0.05) is 60.7 Å². The number of nitrogens with zero attached hydrogens (tertiary/aromatic N) is 2. The lowest BCUT2D eigenvalue weighted by Crippen LogP contribution is -2.35. The zero-order valence-electron chi connectivity index (χ0n) is 47.8. The van der Waals surface area contributed by atoms with E-state index < -0.39 is 83.0 Å². The van der Waals surface area contributed by atoms with Gasteiger partial charge in [-0.15, -0.1) is 0 Å². The number of hydrogen-bond donors (Lipinski definition) is 0. The van der Waals surface area contributed by atoms with Gasteiger partial charge >= 0.3 is 16.1 Å². The second-order valence-electron chi connectivity index (χ2n) is 19.9. The quantitative estimate of drug-likeness (QED) is 0.00616. The summed E-state index contributed by atoms with van der Waals surface area (Å²) in [6.45, 7) is 12.9. The normalized spacial score (nSPS) is 16.2. The molecule has 2 heterocycles. The first-order valence-electron chi connectivity index (χ1n) is 26.4. The summed E-state index contributed by atoms with van der Waals surface area (Å²) in [7, 11) is -3.10. The fourth-order valence-electron chi connectivity index (χ4n) is 9.23. The van der Waals surface area contributed by atoms with Gasteiger partial charge in [-0.2, -0.15) is 25.6 Å². The Morgan fingerprint density at radius 2 is 1.44 bits per heavy atom. The Hall–Kier alpha value is -4.58. The van der Waals surface area contributed by atoms with Crippen molar-refractivity contribution in [3.8, 4) is 17.1 Å². The molecular formula is C56H75F4N2O16S4+. The number of unbranched alkanes of at least 4 members (excludes halogenated alkanes) is 2. The number of carbonyl (C=O) groups is 1. The summed E-state index contributed by atoms with van der Waals surface area (Å²) < 4.78 is 176. The van der Waals surface area contributed by atoms with Crippen molar-refractivity contribution in [3.05, 3.63) is 106 Å². The molecule has 2 aromatic carbocycles. The highest BCUT2D eigenvalue weighted by Crippen LogP contribution is 2.52. The van der Waals surface area contributed by atoms with Crippen LogP contribution in [0.4, 0.5) is 23.2 Å². The van der Waals surface area contributed by atoms with Gasteiger partial charge in [-0.25, -0.2) is 17.6 Å². The van der Waals surface area contributed by atoms with Gasteiger partial charge in [-0.3, -0.25) is 17.3 Å². The van der Waals surface area contributed by atoms with Gasteiger partial charge in [-0.05, 0) is 104 Å². The molecule has 0 spiro atoms. The molecule has 0 aromatic heterocycles. The summed E-state index contributed by atoms with van der Waals surface area (Å²) in [6, 6.07) is 12.9. The van der Waals surface area contributed by atoms with E-state index in [1.165, 1.54) is 25.2 Å². The maximum Gasteiger partial charge on any atom is 0.311 e. The predicted molar refractivity (Wildman–Crippen MR) is 304 cm³/mol. The molecule has 0 fully saturated rings. The van der Waals surface area contributed by atoms with Gasteiger partial charge in [0.2, 0.25) is 22.7 Å². The smallest absolute Gasteiger partial charge is 0.311 e. The Bertz CT molecular complexity index is 3120. The molecule has 2 atom stereocenters. The van der Waals surface area contributed by atoms with Crippen LogP contribution in [0.15, 0.2) is 74.5 Å². The van der Waals surface area contributed by atoms with E-state index in [1.807, 2.05) is 49.4 Å². The molecule has 82 heavy (non-hydrogen) atoms. The molecule has 0 amide bonds. The number of hydrogen-bond acceptors (Lipinski definition) is 18. The van der Waals surface area contributed by atoms with E-state index in [0.29, 0.717) is 128 Å². The minimum absolute atomic E-state index is 0.0368. The number of rotatable bonds is 35. The summed E-state index contributed by atoms with van der Waals surface area (Å²) in [5, 5.41) is 0.866. The van der Waals surface area contributed by atoms with E-state index in [2.05, 4.69) is 39.2 Å². The summed E-state index contributed by atoms with van der Waals surface area (Å²) >= 11 is -0.138. The average Bonchev–Trinajstić information content (AvgIpc) is 2.11. The first kappa shape index (κ1) is 68.2. The minimum Gasteiger partial charge on any atom is -0.456 e. The van der Waals surface area contributed by atoms with Gasteiger partial charge in [0.05, 0.1) is 84.8 Å². The first-order chi connectivity index (χ1) is 39.0. The second kappa shape index (κ2) is 32.1. The SMILES string of the molecule is COCCOCCOCCOCC[N+](CCCS(=O)OC)=c1ccc2c(C(C)(C)C)cc(/C=C/C=C3/N(CCCCCC(=O)Oc4c(F)c(F)c(S(=O)(=O)OC)c(F)c4F)c4ccc(S(=O)(=O)OC)cc4C3(C)CCCSOC)oc-2c1. The van der Waals surface area contributed by atoms with Crippen LogP contribution in [0.2, 0.25) is 0 Å². The summed E-state index contributed by atoms with van der Waals surface area (Å²) in [6.07, 6.45) is 7.91. The minimum atomic E-state index is -5.22. The zero-order chi connectivity index (χ0) is 60.3. The van der Waals surface area contributed by atoms with Crippen LogP contribution >= 0.6 is 12.0 Å². The third-order valence-corrected chi connectivity index (χ3v) is 17.7. The summed E-state index contributed by atoms with van der Waals surface area (Å²) in [5.74, 6) is -9.91. The molecule has 3 aliphatic rings. The standard InChI is InChI=1S/C56H75F4N2O16S4/c1-55(2,3)43-37-40(77-46-36-39(19-21-42(43)46)61(24-15-35-80(64)71-7)26-27-74-30-31-76-33-32-75-29-28-69-5)16-13-17-47-56(4,23-14-34-79-70-6)44-38-41(81(65,66)72-8)20-22-45(44)62(47)25-12-10-11-18-48(63)78-53-49(57)51(59)54(52(60)50(53)58)82(67,68)73-9/h13,16-17,19-22,36-38H,10-12,14-15,18,23-35H2,1-9H3/q+1. The maximum absolute atomic E-state index is 14.8. The third-order valence-electron chi connectivity index (χ3n) is 13.4. The van der Waals surface area contributed by atoms with Crippen molar-refractivity contribution in [1.82, 2.24) is 4.58 Å². The Balaban J connectivity index is 1.47. The Morgan fingerprint density at radius 3 is 2.06 bits per heavy atom. The van der Waals surface area contributed by atoms with E-state index in [4.69, 9.17) is 35.9 Å². The van der Waals surface area contributed by atoms with Crippen LogP contribution in [0.3, 0.4) is 0 Å². The largest absolute Gasteiger partial charge is 0.456 e. The molecule has 0 saturated carbocycles. The predicted octanol–water partition coefficient (Wildman–Crippen LogP) is 8.99. The monoisotopic (exact) mass is 1240 g/mol. The van der Waals surface area contributed by atoms with Gasteiger partial charge in [0.15, 0.2) is 34.2 Å². The van der Waals surface area contributed by atoms with E-state index in [-0.39, 0.29) is 16.7 Å². The summed E-state index contributed by atoms with van der Waals surface area (Å²) in [4.78, 5) is 12.8. The van der Waals surface area contributed by atoms with E-state index in [9.17, 15) is 43.4 Å². The van der Waals surface area contributed by atoms with Gasteiger partial charge in [-0.1, -0.05) is 33.3 Å². The highest BCUT2D eigenvalue weighted by molar-refractivity contribution is 7.94. The van der Waals surface area contributed by atoms with Crippen LogP contribution in [0, 0.1) is 23.3 Å². The molecule has 26 heteroatoms.